The van der Waals surface area contributed by atoms with E-state index >= 15 is 0 Å². The highest BCUT2D eigenvalue weighted by Crippen LogP contribution is 2.22. The topological polar surface area (TPSA) is 44.8 Å². The minimum atomic E-state index is -0.735. The summed E-state index contributed by atoms with van der Waals surface area (Å²) in [5.41, 5.74) is 0. The number of carbonyl (C=O) groups excluding carboxylic acids is 1. The number of carbonyl (C=O) groups is 1. The van der Waals surface area contributed by atoms with E-state index in [0.717, 1.165) is 0 Å². The third kappa shape index (κ3) is 2.22. The predicted molar refractivity (Wildman–Crippen MR) is 39.8 cm³/mol. The van der Waals surface area contributed by atoms with Crippen LogP contribution in [0.4, 0.5) is 0 Å². The first kappa shape index (κ1) is 9.04. The van der Waals surface area contributed by atoms with E-state index in [2.05, 4.69) is 4.74 Å². The molecule has 1 atom stereocenters. The zero-order valence-corrected chi connectivity index (χ0v) is 6.99. The quantitative estimate of drug-likeness (QED) is 0.322. The van der Waals surface area contributed by atoms with E-state index in [1.807, 2.05) is 5.92 Å². The van der Waals surface area contributed by atoms with E-state index in [0.29, 0.717) is 0 Å². The van der Waals surface area contributed by atoms with Gasteiger partial charge in [-0.3, -0.25) is 0 Å². The Hall–Kier alpha value is -1.05. The SMILES string of the molecule is C#CC(=O)O[C@H]1COC(C)(C)O1. The summed E-state index contributed by atoms with van der Waals surface area (Å²) in [6.45, 7) is 3.69. The Morgan fingerprint density at radius 1 is 1.75 bits per heavy atom. The normalized spacial score (nSPS) is 26.2. The van der Waals surface area contributed by atoms with Gasteiger partial charge in [0, 0.05) is 5.92 Å². The molecule has 4 nitrogen and oxygen atoms in total. The van der Waals surface area contributed by atoms with Crippen LogP contribution in [0.2, 0.25) is 0 Å². The molecular formula is C8H10O4. The van der Waals surface area contributed by atoms with Gasteiger partial charge in [-0.25, -0.2) is 4.79 Å². The van der Waals surface area contributed by atoms with Crippen LogP contribution in [0.5, 0.6) is 0 Å². The molecule has 0 bridgehead atoms. The van der Waals surface area contributed by atoms with Gasteiger partial charge in [0.2, 0.25) is 6.29 Å². The Balaban J connectivity index is 2.39. The molecule has 0 amide bonds. The summed E-state index contributed by atoms with van der Waals surface area (Å²) in [5, 5.41) is 0. The average molecular weight is 170 g/mol. The van der Waals surface area contributed by atoms with Gasteiger partial charge in [0.1, 0.15) is 6.61 Å². The van der Waals surface area contributed by atoms with Crippen molar-refractivity contribution in [2.24, 2.45) is 0 Å². The van der Waals surface area contributed by atoms with Gasteiger partial charge in [-0.15, -0.1) is 6.42 Å². The average Bonchev–Trinajstić information content (AvgIpc) is 2.30. The largest absolute Gasteiger partial charge is 0.423 e. The van der Waals surface area contributed by atoms with Crippen molar-refractivity contribution in [2.75, 3.05) is 6.61 Å². The maximum Gasteiger partial charge on any atom is 0.386 e. The van der Waals surface area contributed by atoms with E-state index in [1.165, 1.54) is 0 Å². The van der Waals surface area contributed by atoms with Crippen molar-refractivity contribution in [2.45, 2.75) is 25.9 Å². The highest BCUT2D eigenvalue weighted by molar-refractivity contribution is 5.87. The van der Waals surface area contributed by atoms with E-state index in [-0.39, 0.29) is 6.61 Å². The van der Waals surface area contributed by atoms with E-state index in [1.54, 1.807) is 13.8 Å². The summed E-state index contributed by atoms with van der Waals surface area (Å²) < 4.78 is 15.0. The number of ether oxygens (including phenoxy) is 3. The van der Waals surface area contributed by atoms with Crippen LogP contribution in [0.1, 0.15) is 13.8 Å². The minimum absolute atomic E-state index is 0.223. The lowest BCUT2D eigenvalue weighted by molar-refractivity contribution is -0.193. The molecule has 0 spiro atoms. The highest BCUT2D eigenvalue weighted by Gasteiger charge is 2.34. The fourth-order valence-corrected chi connectivity index (χ4v) is 0.865. The molecule has 0 aromatic carbocycles. The van der Waals surface area contributed by atoms with Gasteiger partial charge in [-0.1, -0.05) is 0 Å². The van der Waals surface area contributed by atoms with Gasteiger partial charge in [-0.05, 0) is 13.8 Å². The van der Waals surface area contributed by atoms with Crippen molar-refractivity contribution >= 4 is 5.97 Å². The maximum absolute atomic E-state index is 10.6. The van der Waals surface area contributed by atoms with Crippen LogP contribution < -0.4 is 0 Å². The maximum atomic E-state index is 10.6. The number of terminal acetylenes is 1. The third-order valence-corrected chi connectivity index (χ3v) is 1.34. The van der Waals surface area contributed by atoms with Gasteiger partial charge in [-0.2, -0.15) is 0 Å². The smallest absolute Gasteiger partial charge is 0.386 e. The van der Waals surface area contributed by atoms with Crippen LogP contribution >= 0.6 is 0 Å². The van der Waals surface area contributed by atoms with Crippen molar-refractivity contribution in [1.82, 2.24) is 0 Å². The van der Waals surface area contributed by atoms with Gasteiger partial charge >= 0.3 is 5.97 Å². The molecule has 0 aromatic rings. The molecule has 0 unspecified atom stereocenters. The van der Waals surface area contributed by atoms with Crippen LogP contribution in [0, 0.1) is 12.3 Å². The fraction of sp³-hybridized carbons (Fsp3) is 0.625. The lowest BCUT2D eigenvalue weighted by Crippen LogP contribution is -2.24. The lowest BCUT2D eigenvalue weighted by Gasteiger charge is -2.15. The number of esters is 1. The number of hydrogen-bond acceptors (Lipinski definition) is 4. The Labute approximate surface area is 70.8 Å². The zero-order valence-electron chi connectivity index (χ0n) is 6.99. The van der Waals surface area contributed by atoms with Gasteiger partial charge in [0.15, 0.2) is 5.79 Å². The molecule has 66 valence electrons. The monoisotopic (exact) mass is 170 g/mol. The van der Waals surface area contributed by atoms with E-state index < -0.39 is 18.0 Å². The van der Waals surface area contributed by atoms with Crippen molar-refractivity contribution in [3.63, 3.8) is 0 Å². The van der Waals surface area contributed by atoms with Gasteiger partial charge in [0.05, 0.1) is 0 Å². The molecule has 0 saturated carbocycles. The molecule has 1 rings (SSSR count). The van der Waals surface area contributed by atoms with E-state index in [9.17, 15) is 4.79 Å². The second-order valence-electron chi connectivity index (χ2n) is 2.81. The number of rotatable bonds is 1. The second kappa shape index (κ2) is 3.13. The highest BCUT2D eigenvalue weighted by atomic mass is 16.8. The van der Waals surface area contributed by atoms with Crippen molar-refractivity contribution in [1.29, 1.82) is 0 Å². The predicted octanol–water partition coefficient (Wildman–Crippen LogP) is 0.272. The molecule has 4 heteroatoms. The third-order valence-electron chi connectivity index (χ3n) is 1.34. The summed E-state index contributed by atoms with van der Waals surface area (Å²) in [5.74, 6) is 0.393. The van der Waals surface area contributed by atoms with Crippen molar-refractivity contribution < 1.29 is 19.0 Å². The number of hydrogen-bond donors (Lipinski definition) is 0. The summed E-state index contributed by atoms with van der Waals surface area (Å²) in [7, 11) is 0. The first-order valence-corrected chi connectivity index (χ1v) is 3.52. The minimum Gasteiger partial charge on any atom is -0.423 e. The van der Waals surface area contributed by atoms with Gasteiger partial charge in [0.25, 0.3) is 0 Å². The van der Waals surface area contributed by atoms with E-state index in [4.69, 9.17) is 15.9 Å². The summed E-state index contributed by atoms with van der Waals surface area (Å²) in [6.07, 6.45) is 4.12. The Bertz CT molecular complexity index is 226. The Kier molecular flexibility index (Phi) is 2.36. The van der Waals surface area contributed by atoms with Crippen LogP contribution in [0.25, 0.3) is 0 Å². The van der Waals surface area contributed by atoms with Crippen LogP contribution in [-0.2, 0) is 19.0 Å². The molecule has 0 N–H and O–H groups in total. The fourth-order valence-electron chi connectivity index (χ4n) is 0.865. The van der Waals surface area contributed by atoms with Crippen molar-refractivity contribution in [3.8, 4) is 12.3 Å². The standard InChI is InChI=1S/C8H10O4/c1-4-6(9)11-7-5-10-8(2,3)12-7/h1,7H,5H2,2-3H3/t7-/m1/s1. The summed E-state index contributed by atoms with van der Waals surface area (Å²) in [6, 6.07) is 0. The molecule has 1 aliphatic rings. The molecule has 12 heavy (non-hydrogen) atoms. The van der Waals surface area contributed by atoms with Gasteiger partial charge < -0.3 is 14.2 Å². The second-order valence-corrected chi connectivity index (χ2v) is 2.81. The molecule has 1 saturated heterocycles. The first-order valence-electron chi connectivity index (χ1n) is 3.52. The molecule has 0 aliphatic carbocycles. The zero-order chi connectivity index (χ0) is 9.19. The molecule has 1 fully saturated rings. The van der Waals surface area contributed by atoms with Crippen LogP contribution in [-0.4, -0.2) is 24.7 Å². The van der Waals surface area contributed by atoms with Crippen molar-refractivity contribution in [3.05, 3.63) is 0 Å². The summed E-state index contributed by atoms with van der Waals surface area (Å²) >= 11 is 0. The molecule has 0 radical (unpaired) electrons. The Morgan fingerprint density at radius 3 is 2.83 bits per heavy atom. The molecule has 1 heterocycles. The van der Waals surface area contributed by atoms with Crippen LogP contribution in [0.15, 0.2) is 0 Å². The van der Waals surface area contributed by atoms with Crippen LogP contribution in [0.3, 0.4) is 0 Å². The summed E-state index contributed by atoms with van der Waals surface area (Å²) in [4.78, 5) is 10.6. The lowest BCUT2D eigenvalue weighted by atomic mass is 10.4. The molecule has 0 aromatic heterocycles. The molecular weight excluding hydrogens is 160 g/mol. The molecule has 1 aliphatic heterocycles. The first-order chi connectivity index (χ1) is 5.53. The Morgan fingerprint density at radius 2 is 2.42 bits per heavy atom.